The van der Waals surface area contributed by atoms with Gasteiger partial charge in [-0.05, 0) is 29.8 Å². The fourth-order valence-corrected chi connectivity index (χ4v) is 2.58. The number of aromatic amines is 2. The van der Waals surface area contributed by atoms with Crippen molar-refractivity contribution in [1.82, 2.24) is 30.8 Å². The van der Waals surface area contributed by atoms with Crippen molar-refractivity contribution in [3.05, 3.63) is 66.7 Å². The number of aromatic hydroxyl groups is 1. The predicted molar refractivity (Wildman–Crippen MR) is 94.9 cm³/mol. The third kappa shape index (κ3) is 2.90. The van der Waals surface area contributed by atoms with Crippen LogP contribution in [-0.2, 0) is 0 Å². The van der Waals surface area contributed by atoms with E-state index in [0.29, 0.717) is 11.1 Å². The first-order valence-electron chi connectivity index (χ1n) is 7.66. The number of rotatable bonds is 1. The lowest BCUT2D eigenvalue weighted by atomic mass is 10.0. The molecule has 0 fully saturated rings. The highest BCUT2D eigenvalue weighted by Crippen LogP contribution is 2.34. The summed E-state index contributed by atoms with van der Waals surface area (Å²) < 4.78 is 0. The summed E-state index contributed by atoms with van der Waals surface area (Å²) in [5.74, 6) is 0.215. The molecule has 0 unspecified atom stereocenters. The van der Waals surface area contributed by atoms with Crippen LogP contribution in [0.4, 0.5) is 0 Å². The Bertz CT molecular complexity index is 1090. The third-order valence-electron chi connectivity index (χ3n) is 3.75. The van der Waals surface area contributed by atoms with Crippen LogP contribution in [0.3, 0.4) is 0 Å². The van der Waals surface area contributed by atoms with E-state index >= 15 is 0 Å². The molecule has 0 spiro atoms. The van der Waals surface area contributed by atoms with E-state index in [1.807, 2.05) is 54.6 Å². The Kier molecular flexibility index (Phi) is 3.80. The number of benzene rings is 3. The van der Waals surface area contributed by atoms with Gasteiger partial charge in [-0.25, -0.2) is 0 Å². The van der Waals surface area contributed by atoms with Gasteiger partial charge in [0.15, 0.2) is 0 Å². The van der Waals surface area contributed by atoms with Crippen molar-refractivity contribution in [3.8, 4) is 16.9 Å². The second-order valence-corrected chi connectivity index (χ2v) is 5.33. The highest BCUT2D eigenvalue weighted by molar-refractivity contribution is 5.94. The zero-order valence-corrected chi connectivity index (χ0v) is 13.1. The van der Waals surface area contributed by atoms with Gasteiger partial charge in [0.05, 0.1) is 5.56 Å². The van der Waals surface area contributed by atoms with E-state index in [1.54, 1.807) is 12.1 Å². The molecule has 7 heteroatoms. The second kappa shape index (κ2) is 6.40. The summed E-state index contributed by atoms with van der Waals surface area (Å²) in [6.07, 6.45) is 0. The number of H-pyrrole nitrogens is 2. The number of nitrogens with zero attached hydrogens (tertiary/aromatic N) is 4. The number of aromatic nitrogens is 6. The largest absolute Gasteiger partial charge is 0.507 e. The fraction of sp³-hybridized carbons (Fsp3) is 0. The lowest BCUT2D eigenvalue weighted by molar-refractivity contribution is 0.478. The molecule has 0 aliphatic rings. The predicted octanol–water partition coefficient (Wildman–Crippen LogP) is 3.29. The van der Waals surface area contributed by atoms with Gasteiger partial charge in [-0.2, -0.15) is 30.8 Å². The number of phenols is 1. The number of fused-ring (bicyclic) bond motifs is 2. The van der Waals surface area contributed by atoms with Crippen molar-refractivity contribution in [2.75, 3.05) is 0 Å². The van der Waals surface area contributed by atoms with Gasteiger partial charge in [0, 0.05) is 0 Å². The van der Waals surface area contributed by atoms with Gasteiger partial charge in [0.2, 0.25) is 0 Å². The minimum atomic E-state index is 0.215. The van der Waals surface area contributed by atoms with Crippen LogP contribution in [0.1, 0.15) is 0 Å². The molecule has 0 bridgehead atoms. The molecule has 122 valence electrons. The van der Waals surface area contributed by atoms with E-state index in [1.165, 1.54) is 0 Å². The molecule has 0 aliphatic heterocycles. The summed E-state index contributed by atoms with van der Waals surface area (Å²) in [5.41, 5.74) is 4.91. The van der Waals surface area contributed by atoms with Gasteiger partial charge >= 0.3 is 0 Å². The molecule has 5 aromatic rings. The summed E-state index contributed by atoms with van der Waals surface area (Å²) in [5, 5.41) is 30.8. The topological polar surface area (TPSA) is 103 Å². The minimum absolute atomic E-state index is 0.215. The van der Waals surface area contributed by atoms with Gasteiger partial charge in [-0.15, -0.1) is 0 Å². The van der Waals surface area contributed by atoms with Crippen molar-refractivity contribution in [3.63, 3.8) is 0 Å². The van der Waals surface area contributed by atoms with E-state index in [-0.39, 0.29) is 5.75 Å². The summed E-state index contributed by atoms with van der Waals surface area (Å²) in [6.45, 7) is 0. The first kappa shape index (κ1) is 14.8. The Morgan fingerprint density at radius 2 is 1.20 bits per heavy atom. The molecule has 0 radical (unpaired) electrons. The molecule has 0 saturated carbocycles. The first-order valence-corrected chi connectivity index (χ1v) is 7.66. The van der Waals surface area contributed by atoms with Crippen LogP contribution in [0.25, 0.3) is 33.2 Å². The maximum absolute atomic E-state index is 9.90. The first-order chi connectivity index (χ1) is 12.3. The van der Waals surface area contributed by atoms with Crippen molar-refractivity contribution in [2.24, 2.45) is 0 Å². The zero-order valence-electron chi connectivity index (χ0n) is 13.1. The number of phenolic OH excluding ortho intramolecular Hbond substituents is 1. The minimum Gasteiger partial charge on any atom is -0.507 e. The van der Waals surface area contributed by atoms with Gasteiger partial charge in [0.1, 0.15) is 27.8 Å². The van der Waals surface area contributed by atoms with Crippen LogP contribution in [0.15, 0.2) is 66.7 Å². The van der Waals surface area contributed by atoms with Gasteiger partial charge < -0.3 is 5.11 Å². The monoisotopic (exact) mass is 330 g/mol. The average Bonchev–Trinajstić information content (AvgIpc) is 3.32. The molecule has 7 nitrogen and oxygen atoms in total. The molecule has 2 heterocycles. The molecule has 5 rings (SSSR count). The average molecular weight is 330 g/mol. The van der Waals surface area contributed by atoms with Crippen LogP contribution in [0.2, 0.25) is 0 Å². The van der Waals surface area contributed by atoms with E-state index in [0.717, 1.165) is 22.1 Å². The Balaban J connectivity index is 0.000000147. The molecule has 0 atom stereocenters. The van der Waals surface area contributed by atoms with Crippen molar-refractivity contribution in [1.29, 1.82) is 0 Å². The Labute approximate surface area is 142 Å². The molecular formula is C18H14N6O. The van der Waals surface area contributed by atoms with Gasteiger partial charge in [-0.1, -0.05) is 42.5 Å². The normalized spacial score (nSPS) is 10.6. The summed E-state index contributed by atoms with van der Waals surface area (Å²) >= 11 is 0. The smallest absolute Gasteiger partial charge is 0.125 e. The van der Waals surface area contributed by atoms with Crippen LogP contribution in [-0.4, -0.2) is 35.9 Å². The Morgan fingerprint density at radius 1 is 0.600 bits per heavy atom. The SMILES string of the molecule is Oc1ccc2n[nH]nc2c1-c1ccccc1.c1ccc2n[nH]nc2c1. The molecule has 0 aliphatic carbocycles. The summed E-state index contributed by atoms with van der Waals surface area (Å²) in [6, 6.07) is 20.7. The Hall–Kier alpha value is -3.74. The lowest BCUT2D eigenvalue weighted by Gasteiger charge is -2.04. The quantitative estimate of drug-likeness (QED) is 0.437. The van der Waals surface area contributed by atoms with Crippen LogP contribution in [0.5, 0.6) is 5.75 Å². The zero-order chi connectivity index (χ0) is 17.1. The molecule has 0 saturated heterocycles. The van der Waals surface area contributed by atoms with Gasteiger partial charge in [0.25, 0.3) is 0 Å². The van der Waals surface area contributed by atoms with E-state index in [4.69, 9.17) is 0 Å². The van der Waals surface area contributed by atoms with Crippen molar-refractivity contribution in [2.45, 2.75) is 0 Å². The van der Waals surface area contributed by atoms with Crippen LogP contribution < -0.4 is 0 Å². The molecule has 2 aromatic heterocycles. The number of nitrogens with one attached hydrogen (secondary N) is 2. The summed E-state index contributed by atoms with van der Waals surface area (Å²) in [4.78, 5) is 0. The van der Waals surface area contributed by atoms with E-state index in [2.05, 4.69) is 30.8 Å². The molecule has 25 heavy (non-hydrogen) atoms. The van der Waals surface area contributed by atoms with Crippen molar-refractivity contribution >= 4 is 22.1 Å². The van der Waals surface area contributed by atoms with Gasteiger partial charge in [-0.3, -0.25) is 0 Å². The van der Waals surface area contributed by atoms with E-state index in [9.17, 15) is 5.11 Å². The fourth-order valence-electron chi connectivity index (χ4n) is 2.58. The maximum Gasteiger partial charge on any atom is 0.125 e. The number of para-hydroxylation sites is 2. The molecular weight excluding hydrogens is 316 g/mol. The third-order valence-corrected chi connectivity index (χ3v) is 3.75. The van der Waals surface area contributed by atoms with Crippen LogP contribution in [0, 0.1) is 0 Å². The van der Waals surface area contributed by atoms with Crippen LogP contribution >= 0.6 is 0 Å². The lowest BCUT2D eigenvalue weighted by Crippen LogP contribution is -1.81. The highest BCUT2D eigenvalue weighted by Gasteiger charge is 2.11. The second-order valence-electron chi connectivity index (χ2n) is 5.33. The summed E-state index contributed by atoms with van der Waals surface area (Å²) in [7, 11) is 0. The number of hydrogen-bond donors (Lipinski definition) is 3. The van der Waals surface area contributed by atoms with Crippen molar-refractivity contribution < 1.29 is 5.11 Å². The molecule has 0 amide bonds. The van der Waals surface area contributed by atoms with E-state index < -0.39 is 0 Å². The Morgan fingerprint density at radius 3 is 1.92 bits per heavy atom. The highest BCUT2D eigenvalue weighted by atomic mass is 16.3. The molecule has 3 aromatic carbocycles. The number of hydrogen-bond acceptors (Lipinski definition) is 5. The maximum atomic E-state index is 9.90. The standard InChI is InChI=1S/C12H9N3O.C6H5N3/c16-10-7-6-9-12(14-15-13-9)11(10)8-4-2-1-3-5-8;1-2-4-6-5(3-1)7-9-8-6/h1-7,16H,(H,13,14,15);1-4H,(H,7,8,9). The molecule has 3 N–H and O–H groups in total.